The normalized spacial score (nSPS) is 15.9. The van der Waals surface area contributed by atoms with Crippen molar-refractivity contribution in [3.05, 3.63) is 20.3 Å². The van der Waals surface area contributed by atoms with Gasteiger partial charge >= 0.3 is 0 Å². The van der Waals surface area contributed by atoms with Gasteiger partial charge in [0, 0.05) is 31.0 Å². The van der Waals surface area contributed by atoms with Crippen molar-refractivity contribution in [3.63, 3.8) is 0 Å². The van der Waals surface area contributed by atoms with Gasteiger partial charge in [-0.3, -0.25) is 9.59 Å². The molecule has 20 heavy (non-hydrogen) atoms. The highest BCUT2D eigenvalue weighted by Gasteiger charge is 2.28. The number of halogens is 2. The summed E-state index contributed by atoms with van der Waals surface area (Å²) in [6.07, 6.45) is 2.55. The van der Waals surface area contributed by atoms with Crippen LogP contribution in [0, 0.1) is 5.92 Å². The molecule has 1 aromatic rings. The molecule has 4 nitrogen and oxygen atoms in total. The van der Waals surface area contributed by atoms with Gasteiger partial charge in [0.1, 0.15) is 4.34 Å². The number of carbonyl (C=O) groups is 2. The number of amides is 1. The van der Waals surface area contributed by atoms with E-state index < -0.39 is 0 Å². The summed E-state index contributed by atoms with van der Waals surface area (Å²) in [7, 11) is 0. The number of carbonyl (C=O) groups excluding carboxylic acids is 2. The quantitative estimate of drug-likeness (QED) is 0.753. The number of ketones is 1. The highest BCUT2D eigenvalue weighted by molar-refractivity contribution is 7.20. The van der Waals surface area contributed by atoms with E-state index in [4.69, 9.17) is 28.9 Å². The molecule has 7 heteroatoms. The van der Waals surface area contributed by atoms with E-state index in [1.54, 1.807) is 0 Å². The van der Waals surface area contributed by atoms with E-state index in [1.807, 2.05) is 0 Å². The van der Waals surface area contributed by atoms with E-state index in [0.29, 0.717) is 26.7 Å². The fourth-order valence-electron chi connectivity index (χ4n) is 1.90. The van der Waals surface area contributed by atoms with Crippen LogP contribution >= 0.6 is 34.5 Å². The van der Waals surface area contributed by atoms with E-state index in [2.05, 4.69) is 5.32 Å². The highest BCUT2D eigenvalue weighted by Crippen LogP contribution is 2.32. The number of Topliss-reactive ketones (excluding diaryl/α,β-unsaturated/α-hetero) is 1. The van der Waals surface area contributed by atoms with Crippen LogP contribution in [0.4, 0.5) is 0 Å². The van der Waals surface area contributed by atoms with E-state index >= 15 is 0 Å². The minimum absolute atomic E-state index is 0.0276. The van der Waals surface area contributed by atoms with Crippen molar-refractivity contribution >= 4 is 46.2 Å². The summed E-state index contributed by atoms with van der Waals surface area (Å²) in [5.74, 6) is 0.218. The van der Waals surface area contributed by atoms with Gasteiger partial charge in [-0.05, 0) is 24.8 Å². The maximum atomic E-state index is 11.9. The molecule has 1 aliphatic carbocycles. The second-order valence-electron chi connectivity index (χ2n) is 4.97. The van der Waals surface area contributed by atoms with Crippen molar-refractivity contribution < 1.29 is 9.59 Å². The van der Waals surface area contributed by atoms with Crippen LogP contribution in [0.3, 0.4) is 0 Å². The Labute approximate surface area is 131 Å². The van der Waals surface area contributed by atoms with E-state index in [0.717, 1.165) is 24.2 Å². The van der Waals surface area contributed by atoms with Crippen molar-refractivity contribution in [3.8, 4) is 0 Å². The number of nitrogens with two attached hydrogens (primary N) is 1. The predicted molar refractivity (Wildman–Crippen MR) is 81.6 cm³/mol. The Kier molecular flexibility index (Phi) is 5.43. The van der Waals surface area contributed by atoms with Gasteiger partial charge in [0.15, 0.2) is 5.78 Å². The average molecular weight is 335 g/mol. The maximum absolute atomic E-state index is 11.9. The monoisotopic (exact) mass is 334 g/mol. The third-order valence-corrected chi connectivity index (χ3v) is 4.79. The van der Waals surface area contributed by atoms with Gasteiger partial charge in [0.05, 0.1) is 4.34 Å². The molecule has 0 bridgehead atoms. The summed E-state index contributed by atoms with van der Waals surface area (Å²) in [6, 6.07) is 1.57. The molecular weight excluding hydrogens is 319 g/mol. The molecule has 1 atom stereocenters. The third kappa shape index (κ3) is 4.45. The van der Waals surface area contributed by atoms with E-state index in [9.17, 15) is 9.59 Å². The Hall–Kier alpha value is -0.620. The Balaban J connectivity index is 1.72. The Morgan fingerprint density at radius 1 is 1.40 bits per heavy atom. The molecule has 0 saturated heterocycles. The van der Waals surface area contributed by atoms with Crippen LogP contribution in [0.1, 0.15) is 36.0 Å². The van der Waals surface area contributed by atoms with Gasteiger partial charge in [0.2, 0.25) is 5.91 Å². The van der Waals surface area contributed by atoms with Crippen molar-refractivity contribution in [2.75, 3.05) is 6.54 Å². The fraction of sp³-hybridized carbons (Fsp3) is 0.538. The lowest BCUT2D eigenvalue weighted by Crippen LogP contribution is -2.38. The largest absolute Gasteiger partial charge is 0.355 e. The molecule has 1 amide bonds. The lowest BCUT2D eigenvalue weighted by atomic mass is 10.1. The zero-order valence-corrected chi connectivity index (χ0v) is 13.2. The number of hydrogen-bond donors (Lipinski definition) is 2. The molecule has 0 radical (unpaired) electrons. The lowest BCUT2D eigenvalue weighted by molar-refractivity contribution is -0.121. The average Bonchev–Trinajstić information content (AvgIpc) is 3.19. The zero-order chi connectivity index (χ0) is 14.7. The molecular formula is C13H16Cl2N2O2S. The van der Waals surface area contributed by atoms with Gasteiger partial charge in [-0.1, -0.05) is 23.2 Å². The van der Waals surface area contributed by atoms with Gasteiger partial charge in [0.25, 0.3) is 0 Å². The van der Waals surface area contributed by atoms with Crippen LogP contribution in [0.15, 0.2) is 6.07 Å². The molecule has 110 valence electrons. The third-order valence-electron chi connectivity index (χ3n) is 3.30. The summed E-state index contributed by atoms with van der Waals surface area (Å²) in [4.78, 5) is 23.5. The second-order valence-corrected chi connectivity index (χ2v) is 7.25. The summed E-state index contributed by atoms with van der Waals surface area (Å²) in [6.45, 7) is 0.475. The standard InChI is InChI=1S/C13H16Cl2N2O2S/c14-11-5-8(13(15)20-11)10(18)3-4-12(19)17-6-9(16)7-1-2-7/h5,7,9H,1-4,6,16H2,(H,17,19). The molecule has 0 spiro atoms. The van der Waals surface area contributed by atoms with Crippen molar-refractivity contribution in [1.29, 1.82) is 0 Å². The SMILES string of the molecule is NC(CNC(=O)CCC(=O)c1cc(Cl)sc1Cl)C1CC1. The molecule has 1 unspecified atom stereocenters. The number of hydrogen-bond acceptors (Lipinski definition) is 4. The van der Waals surface area contributed by atoms with Crippen molar-refractivity contribution in [1.82, 2.24) is 5.32 Å². The molecule has 2 rings (SSSR count). The number of thiophene rings is 1. The van der Waals surface area contributed by atoms with Crippen LogP contribution < -0.4 is 11.1 Å². The smallest absolute Gasteiger partial charge is 0.220 e. The summed E-state index contributed by atoms with van der Waals surface area (Å²) in [5, 5.41) is 2.76. The predicted octanol–water partition coefficient (Wildman–Crippen LogP) is 2.87. The highest BCUT2D eigenvalue weighted by atomic mass is 35.5. The van der Waals surface area contributed by atoms with Crippen LogP contribution in [-0.2, 0) is 4.79 Å². The molecule has 3 N–H and O–H groups in total. The Morgan fingerprint density at radius 3 is 2.65 bits per heavy atom. The first-order valence-electron chi connectivity index (χ1n) is 6.47. The van der Waals surface area contributed by atoms with Gasteiger partial charge in [-0.2, -0.15) is 0 Å². The molecule has 1 aliphatic rings. The molecule has 1 saturated carbocycles. The number of rotatable bonds is 7. The minimum atomic E-state index is -0.167. The van der Waals surface area contributed by atoms with Gasteiger partial charge < -0.3 is 11.1 Å². The first-order valence-corrected chi connectivity index (χ1v) is 8.05. The first kappa shape index (κ1) is 15.8. The van der Waals surface area contributed by atoms with Crippen molar-refractivity contribution in [2.24, 2.45) is 11.7 Å². The first-order chi connectivity index (χ1) is 9.47. The zero-order valence-electron chi connectivity index (χ0n) is 10.8. The van der Waals surface area contributed by atoms with Crippen LogP contribution in [0.2, 0.25) is 8.67 Å². The molecule has 1 aromatic heterocycles. The van der Waals surface area contributed by atoms with Crippen molar-refractivity contribution in [2.45, 2.75) is 31.7 Å². The molecule has 0 aliphatic heterocycles. The van der Waals surface area contributed by atoms with Crippen LogP contribution in [-0.4, -0.2) is 24.3 Å². The Morgan fingerprint density at radius 2 is 2.10 bits per heavy atom. The molecule has 1 heterocycles. The second kappa shape index (κ2) is 6.89. The van der Waals surface area contributed by atoms with E-state index in [1.165, 1.54) is 6.07 Å². The summed E-state index contributed by atoms with van der Waals surface area (Å²) in [5.41, 5.74) is 6.28. The molecule has 0 aromatic carbocycles. The summed E-state index contributed by atoms with van der Waals surface area (Å²) >= 11 is 12.8. The molecule has 1 fully saturated rings. The Bertz CT molecular complexity index is 514. The van der Waals surface area contributed by atoms with E-state index in [-0.39, 0.29) is 30.6 Å². The fourth-order valence-corrected chi connectivity index (χ4v) is 3.40. The van der Waals surface area contributed by atoms with Crippen LogP contribution in [0.25, 0.3) is 0 Å². The summed E-state index contributed by atoms with van der Waals surface area (Å²) < 4.78 is 0.842. The topological polar surface area (TPSA) is 72.2 Å². The number of nitrogens with one attached hydrogen (secondary N) is 1. The van der Waals surface area contributed by atoms with Gasteiger partial charge in [-0.15, -0.1) is 11.3 Å². The maximum Gasteiger partial charge on any atom is 0.220 e. The minimum Gasteiger partial charge on any atom is -0.355 e. The lowest BCUT2D eigenvalue weighted by Gasteiger charge is -2.11. The van der Waals surface area contributed by atoms with Gasteiger partial charge in [-0.25, -0.2) is 0 Å². The van der Waals surface area contributed by atoms with Crippen LogP contribution in [0.5, 0.6) is 0 Å².